The summed E-state index contributed by atoms with van der Waals surface area (Å²) in [5.41, 5.74) is 15.2. The van der Waals surface area contributed by atoms with Gasteiger partial charge in [-0.15, -0.1) is 0 Å². The molecule has 0 aliphatic heterocycles. The van der Waals surface area contributed by atoms with E-state index in [1.165, 1.54) is 38.6 Å². The Bertz CT molecular complexity index is 3280. The second kappa shape index (κ2) is 16.3. The molecule has 0 unspecified atom stereocenters. The van der Waals surface area contributed by atoms with Gasteiger partial charge < -0.3 is 9.32 Å². The molecule has 2 aliphatic rings. The molecule has 0 bridgehead atoms. The SMILES string of the molecule is C1=CCCC(c2cccc(-c3nc(-c4ccccc4)nc(-c4ccc(C5=c6c(oc7cc(N(c8ccccc8)c8cccc(-c9ccccc9)c8)ccc67)=CCC5)cc4)n3)c2)=C1. The van der Waals surface area contributed by atoms with E-state index in [1.807, 2.05) is 18.2 Å². The Morgan fingerprint density at radius 3 is 1.77 bits per heavy atom. The molecular formula is C57H42N4O. The second-order valence-corrected chi connectivity index (χ2v) is 15.8. The van der Waals surface area contributed by atoms with Crippen LogP contribution in [0.2, 0.25) is 0 Å². The van der Waals surface area contributed by atoms with Gasteiger partial charge in [-0.1, -0.05) is 152 Å². The lowest BCUT2D eigenvalue weighted by molar-refractivity contribution is 0.571. The molecule has 296 valence electrons. The van der Waals surface area contributed by atoms with Crippen molar-refractivity contribution in [3.05, 3.63) is 222 Å². The molecule has 11 rings (SSSR count). The molecule has 0 spiro atoms. The zero-order valence-corrected chi connectivity index (χ0v) is 34.2. The summed E-state index contributed by atoms with van der Waals surface area (Å²) < 4.78 is 6.71. The highest BCUT2D eigenvalue weighted by molar-refractivity contribution is 5.90. The van der Waals surface area contributed by atoms with Crippen LogP contribution in [0.4, 0.5) is 17.1 Å². The minimum Gasteiger partial charge on any atom is -0.456 e. The Morgan fingerprint density at radius 1 is 0.435 bits per heavy atom. The fourth-order valence-electron chi connectivity index (χ4n) is 8.81. The van der Waals surface area contributed by atoms with Crippen LogP contribution in [0.1, 0.15) is 36.8 Å². The summed E-state index contributed by atoms with van der Waals surface area (Å²) in [6.45, 7) is 0. The number of fused-ring (bicyclic) bond motifs is 3. The van der Waals surface area contributed by atoms with E-state index in [2.05, 4.69) is 193 Å². The minimum absolute atomic E-state index is 0.645. The lowest BCUT2D eigenvalue weighted by atomic mass is 9.94. The fourth-order valence-corrected chi connectivity index (χ4v) is 8.81. The fraction of sp³-hybridized carbons (Fsp3) is 0.0702. The third-order valence-electron chi connectivity index (χ3n) is 11.9. The van der Waals surface area contributed by atoms with Crippen molar-refractivity contribution in [2.24, 2.45) is 0 Å². The van der Waals surface area contributed by atoms with Gasteiger partial charge in [0.1, 0.15) is 11.0 Å². The van der Waals surface area contributed by atoms with Gasteiger partial charge in [-0.25, -0.2) is 15.0 Å². The predicted octanol–water partition coefficient (Wildman–Crippen LogP) is 13.3. The Morgan fingerprint density at radius 2 is 1.03 bits per heavy atom. The first-order chi connectivity index (χ1) is 30.7. The van der Waals surface area contributed by atoms with E-state index < -0.39 is 0 Å². The molecule has 2 aromatic heterocycles. The Kier molecular flexibility index (Phi) is 9.75. The topological polar surface area (TPSA) is 55.1 Å². The largest absolute Gasteiger partial charge is 0.456 e. The number of aromatic nitrogens is 3. The molecule has 7 aromatic carbocycles. The van der Waals surface area contributed by atoms with Gasteiger partial charge in [0.15, 0.2) is 17.5 Å². The molecule has 5 nitrogen and oxygen atoms in total. The van der Waals surface area contributed by atoms with Crippen molar-refractivity contribution in [2.45, 2.75) is 25.7 Å². The highest BCUT2D eigenvalue weighted by Crippen LogP contribution is 2.38. The molecule has 0 saturated heterocycles. The van der Waals surface area contributed by atoms with E-state index in [-0.39, 0.29) is 0 Å². The number of benzene rings is 7. The van der Waals surface area contributed by atoms with Crippen LogP contribution in [0.25, 0.3) is 73.5 Å². The van der Waals surface area contributed by atoms with Crippen LogP contribution in [-0.2, 0) is 0 Å². The average Bonchev–Trinajstić information content (AvgIpc) is 3.74. The first-order valence-electron chi connectivity index (χ1n) is 21.4. The first kappa shape index (κ1) is 37.1. The number of rotatable bonds is 9. The van der Waals surface area contributed by atoms with Crippen LogP contribution in [-0.4, -0.2) is 15.0 Å². The van der Waals surface area contributed by atoms with E-state index in [1.54, 1.807) is 0 Å². The summed E-state index contributed by atoms with van der Waals surface area (Å²) in [6.07, 6.45) is 12.7. The van der Waals surface area contributed by atoms with Gasteiger partial charge in [-0.2, -0.15) is 0 Å². The lowest BCUT2D eigenvalue weighted by Crippen LogP contribution is -2.26. The average molecular weight is 799 g/mol. The lowest BCUT2D eigenvalue weighted by Gasteiger charge is -2.26. The number of hydrogen-bond donors (Lipinski definition) is 0. The number of nitrogens with zero attached hydrogens (tertiary/aromatic N) is 4. The molecule has 62 heavy (non-hydrogen) atoms. The minimum atomic E-state index is 0.645. The number of furan rings is 1. The summed E-state index contributed by atoms with van der Waals surface area (Å²) in [5.74, 6) is 1.96. The molecule has 0 radical (unpaired) electrons. The second-order valence-electron chi connectivity index (χ2n) is 15.8. The summed E-state index contributed by atoms with van der Waals surface area (Å²) in [4.78, 5) is 17.5. The molecule has 2 heterocycles. The Hall–Kier alpha value is -7.89. The van der Waals surface area contributed by atoms with E-state index in [0.29, 0.717) is 17.5 Å². The zero-order chi connectivity index (χ0) is 41.2. The summed E-state index contributed by atoms with van der Waals surface area (Å²) in [7, 11) is 0. The maximum absolute atomic E-state index is 6.71. The third-order valence-corrected chi connectivity index (χ3v) is 11.9. The standard InChI is InChI=1S/C57H42N4O/c1-5-16-39(17-6-1)44-22-13-24-46(36-44)57-59-55(42-20-9-3-10-21-42)58-56(60-57)43-32-30-41(31-33-43)50-28-15-29-52-54(50)51-35-34-49(38-53(51)62-52)61(47-25-11-4-12-26-47)48-27-14-23-45(37-48)40-18-7-2-8-19-40/h1-5,7-14,16,18-27,29-38H,6,15,17,28H2. The van der Waals surface area contributed by atoms with Crippen molar-refractivity contribution in [3.8, 4) is 45.3 Å². The van der Waals surface area contributed by atoms with Gasteiger partial charge in [0, 0.05) is 50.4 Å². The monoisotopic (exact) mass is 798 g/mol. The number of allylic oxidation sites excluding steroid dienone is 4. The van der Waals surface area contributed by atoms with E-state index in [0.717, 1.165) is 75.8 Å². The van der Waals surface area contributed by atoms with Gasteiger partial charge in [0.2, 0.25) is 0 Å². The molecule has 0 amide bonds. The Balaban J connectivity index is 0.971. The van der Waals surface area contributed by atoms with Crippen LogP contribution >= 0.6 is 0 Å². The Labute approximate surface area is 361 Å². The van der Waals surface area contributed by atoms with Gasteiger partial charge in [0.25, 0.3) is 0 Å². The van der Waals surface area contributed by atoms with Crippen LogP contribution < -0.4 is 15.5 Å². The van der Waals surface area contributed by atoms with Crippen LogP contribution in [0.3, 0.4) is 0 Å². The summed E-state index contributed by atoms with van der Waals surface area (Å²) in [5, 5.41) is 2.28. The predicted molar refractivity (Wildman–Crippen MR) is 254 cm³/mol. The molecule has 9 aromatic rings. The highest BCUT2D eigenvalue weighted by Gasteiger charge is 2.19. The van der Waals surface area contributed by atoms with E-state index in [4.69, 9.17) is 19.4 Å². The molecule has 2 aliphatic carbocycles. The molecule has 0 saturated carbocycles. The molecule has 5 heteroatoms. The molecule has 0 N–H and O–H groups in total. The van der Waals surface area contributed by atoms with Crippen LogP contribution in [0.15, 0.2) is 205 Å². The maximum atomic E-state index is 6.71. The number of para-hydroxylation sites is 1. The van der Waals surface area contributed by atoms with Gasteiger partial charge >= 0.3 is 0 Å². The van der Waals surface area contributed by atoms with Crippen LogP contribution in [0, 0.1) is 0 Å². The van der Waals surface area contributed by atoms with Crippen molar-refractivity contribution >= 4 is 45.3 Å². The summed E-state index contributed by atoms with van der Waals surface area (Å²) in [6, 6.07) is 63.9. The smallest absolute Gasteiger partial charge is 0.164 e. The molecule has 0 atom stereocenters. The van der Waals surface area contributed by atoms with E-state index >= 15 is 0 Å². The van der Waals surface area contributed by atoms with Gasteiger partial charge in [-0.3, -0.25) is 0 Å². The molecule has 0 fully saturated rings. The number of hydrogen-bond acceptors (Lipinski definition) is 5. The van der Waals surface area contributed by atoms with Crippen molar-refractivity contribution in [1.29, 1.82) is 0 Å². The van der Waals surface area contributed by atoms with Crippen molar-refractivity contribution in [3.63, 3.8) is 0 Å². The third kappa shape index (κ3) is 7.24. The highest BCUT2D eigenvalue weighted by atomic mass is 16.3. The van der Waals surface area contributed by atoms with Crippen LogP contribution in [0.5, 0.6) is 0 Å². The quantitative estimate of drug-likeness (QED) is 0.146. The summed E-state index contributed by atoms with van der Waals surface area (Å²) >= 11 is 0. The normalized spacial score (nSPS) is 13.4. The number of anilines is 3. The van der Waals surface area contributed by atoms with Gasteiger partial charge in [0.05, 0.1) is 0 Å². The zero-order valence-electron chi connectivity index (χ0n) is 34.2. The maximum Gasteiger partial charge on any atom is 0.164 e. The van der Waals surface area contributed by atoms with Gasteiger partial charge in [-0.05, 0) is 108 Å². The van der Waals surface area contributed by atoms with Crippen molar-refractivity contribution < 1.29 is 4.42 Å². The molecular weight excluding hydrogens is 757 g/mol. The van der Waals surface area contributed by atoms with Crippen molar-refractivity contribution in [2.75, 3.05) is 4.90 Å². The first-order valence-corrected chi connectivity index (χ1v) is 21.4. The van der Waals surface area contributed by atoms with Crippen molar-refractivity contribution in [1.82, 2.24) is 15.0 Å². The van der Waals surface area contributed by atoms with E-state index in [9.17, 15) is 0 Å².